The van der Waals surface area contributed by atoms with E-state index in [9.17, 15) is 4.39 Å². The van der Waals surface area contributed by atoms with Crippen molar-refractivity contribution in [1.82, 2.24) is 0 Å². The summed E-state index contributed by atoms with van der Waals surface area (Å²) in [5.41, 5.74) is 2.53. The lowest BCUT2D eigenvalue weighted by Gasteiger charge is -2.19. The third kappa shape index (κ3) is 3.88. The molecule has 2 rings (SSSR count). The molecule has 1 atom stereocenters. The molecule has 1 unspecified atom stereocenters. The van der Waals surface area contributed by atoms with Gasteiger partial charge in [-0.05, 0) is 43.5 Å². The van der Waals surface area contributed by atoms with Crippen LogP contribution in [0.1, 0.15) is 18.1 Å². The molecule has 0 amide bonds. The summed E-state index contributed by atoms with van der Waals surface area (Å²) in [5, 5.41) is 4.02. The summed E-state index contributed by atoms with van der Waals surface area (Å²) in [6.45, 7) is 3.95. The predicted octanol–water partition coefficient (Wildman–Crippen LogP) is 4.84. The topological polar surface area (TPSA) is 21.3 Å². The fraction of sp³-hybridized carbons (Fsp3) is 0.294. The van der Waals surface area contributed by atoms with Gasteiger partial charge in [0.1, 0.15) is 11.6 Å². The van der Waals surface area contributed by atoms with Crippen molar-refractivity contribution in [3.63, 3.8) is 0 Å². The Balaban J connectivity index is 2.14. The van der Waals surface area contributed by atoms with Crippen molar-refractivity contribution in [2.45, 2.75) is 26.3 Å². The number of ether oxygens (including phenoxy) is 1. The van der Waals surface area contributed by atoms with Gasteiger partial charge < -0.3 is 10.1 Å². The van der Waals surface area contributed by atoms with Crippen molar-refractivity contribution in [2.24, 2.45) is 0 Å². The van der Waals surface area contributed by atoms with Gasteiger partial charge in [0.25, 0.3) is 0 Å². The Hall–Kier alpha value is -1.74. The molecular weight excluding hydrogens is 289 g/mol. The number of benzene rings is 2. The van der Waals surface area contributed by atoms with Crippen LogP contribution in [0, 0.1) is 12.7 Å². The van der Waals surface area contributed by atoms with E-state index in [1.807, 2.05) is 26.0 Å². The first-order chi connectivity index (χ1) is 10.0. The van der Waals surface area contributed by atoms with Crippen LogP contribution in [0.5, 0.6) is 5.75 Å². The highest BCUT2D eigenvalue weighted by molar-refractivity contribution is 6.31. The molecule has 0 aliphatic rings. The van der Waals surface area contributed by atoms with Gasteiger partial charge in [-0.15, -0.1) is 0 Å². The quantitative estimate of drug-likeness (QED) is 0.853. The van der Waals surface area contributed by atoms with E-state index in [-0.39, 0.29) is 11.9 Å². The zero-order chi connectivity index (χ0) is 15.4. The summed E-state index contributed by atoms with van der Waals surface area (Å²) in [6, 6.07) is 10.6. The fourth-order valence-corrected chi connectivity index (χ4v) is 2.41. The molecule has 4 heteroatoms. The Bertz CT molecular complexity index is 630. The second-order valence-corrected chi connectivity index (χ2v) is 5.55. The minimum absolute atomic E-state index is 0.0661. The molecule has 21 heavy (non-hydrogen) atoms. The summed E-state index contributed by atoms with van der Waals surface area (Å²) in [7, 11) is 1.60. The van der Waals surface area contributed by atoms with E-state index >= 15 is 0 Å². The third-order valence-corrected chi connectivity index (χ3v) is 3.77. The average Bonchev–Trinajstić information content (AvgIpc) is 2.45. The zero-order valence-corrected chi connectivity index (χ0v) is 13.2. The first-order valence-corrected chi connectivity index (χ1v) is 7.23. The van der Waals surface area contributed by atoms with E-state index in [4.69, 9.17) is 16.3 Å². The Labute approximate surface area is 129 Å². The van der Waals surface area contributed by atoms with Crippen LogP contribution in [0.4, 0.5) is 10.1 Å². The number of nitrogens with one attached hydrogen (secondary N) is 1. The number of hydrogen-bond acceptors (Lipinski definition) is 2. The summed E-state index contributed by atoms with van der Waals surface area (Å²) in [6.07, 6.45) is 0.595. The minimum atomic E-state index is -0.176. The molecule has 0 radical (unpaired) electrons. The van der Waals surface area contributed by atoms with Gasteiger partial charge in [-0.3, -0.25) is 0 Å². The monoisotopic (exact) mass is 307 g/mol. The Morgan fingerprint density at radius 1 is 1.29 bits per heavy atom. The van der Waals surface area contributed by atoms with Crippen LogP contribution < -0.4 is 10.1 Å². The highest BCUT2D eigenvalue weighted by Crippen LogP contribution is 2.31. The Morgan fingerprint density at radius 2 is 2.00 bits per heavy atom. The zero-order valence-electron chi connectivity index (χ0n) is 12.4. The SMILES string of the molecule is COc1cc(Cl)c(C)cc1NC(C)Cc1ccccc1F. The molecule has 0 heterocycles. The summed E-state index contributed by atoms with van der Waals surface area (Å²) in [5.74, 6) is 0.511. The van der Waals surface area contributed by atoms with Gasteiger partial charge in [-0.25, -0.2) is 4.39 Å². The number of aryl methyl sites for hydroxylation is 1. The van der Waals surface area contributed by atoms with Gasteiger partial charge in [0.15, 0.2) is 0 Å². The molecule has 0 aliphatic carbocycles. The van der Waals surface area contributed by atoms with Crippen molar-refractivity contribution < 1.29 is 9.13 Å². The molecule has 0 spiro atoms. The fourth-order valence-electron chi connectivity index (χ4n) is 2.26. The lowest BCUT2D eigenvalue weighted by atomic mass is 10.1. The van der Waals surface area contributed by atoms with Gasteiger partial charge >= 0.3 is 0 Å². The number of anilines is 1. The van der Waals surface area contributed by atoms with Crippen LogP contribution in [0.25, 0.3) is 0 Å². The van der Waals surface area contributed by atoms with Gasteiger partial charge in [0.2, 0.25) is 0 Å². The lowest BCUT2D eigenvalue weighted by Crippen LogP contribution is -2.19. The molecule has 0 bridgehead atoms. The number of hydrogen-bond donors (Lipinski definition) is 1. The van der Waals surface area contributed by atoms with E-state index < -0.39 is 0 Å². The molecular formula is C17H19ClFNO. The van der Waals surface area contributed by atoms with Crippen molar-refractivity contribution >= 4 is 17.3 Å². The first kappa shape index (κ1) is 15.6. The van der Waals surface area contributed by atoms with Crippen LogP contribution in [0.2, 0.25) is 5.02 Å². The van der Waals surface area contributed by atoms with Crippen LogP contribution in [0.15, 0.2) is 36.4 Å². The molecule has 0 fully saturated rings. The van der Waals surface area contributed by atoms with Crippen LogP contribution >= 0.6 is 11.6 Å². The van der Waals surface area contributed by atoms with Gasteiger partial charge in [-0.2, -0.15) is 0 Å². The summed E-state index contributed by atoms with van der Waals surface area (Å²) >= 11 is 6.09. The summed E-state index contributed by atoms with van der Waals surface area (Å²) < 4.78 is 19.0. The van der Waals surface area contributed by atoms with Crippen LogP contribution in [-0.2, 0) is 6.42 Å². The third-order valence-electron chi connectivity index (χ3n) is 3.37. The molecule has 0 saturated heterocycles. The maximum Gasteiger partial charge on any atom is 0.143 e. The van der Waals surface area contributed by atoms with Crippen molar-refractivity contribution in [1.29, 1.82) is 0 Å². The molecule has 0 saturated carbocycles. The van der Waals surface area contributed by atoms with E-state index in [1.165, 1.54) is 6.07 Å². The summed E-state index contributed by atoms with van der Waals surface area (Å²) in [4.78, 5) is 0. The standard InChI is InChI=1S/C17H19ClFNO/c1-11-8-16(17(21-3)10-14(11)18)20-12(2)9-13-6-4-5-7-15(13)19/h4-8,10,12,20H,9H2,1-3H3. The number of rotatable bonds is 5. The van der Waals surface area contributed by atoms with Gasteiger partial charge in [-0.1, -0.05) is 29.8 Å². The van der Waals surface area contributed by atoms with E-state index in [0.29, 0.717) is 22.8 Å². The Morgan fingerprint density at radius 3 is 2.67 bits per heavy atom. The second kappa shape index (κ2) is 6.81. The molecule has 2 aromatic rings. The van der Waals surface area contributed by atoms with Gasteiger partial charge in [0, 0.05) is 17.1 Å². The maximum absolute atomic E-state index is 13.7. The second-order valence-electron chi connectivity index (χ2n) is 5.14. The average molecular weight is 308 g/mol. The van der Waals surface area contributed by atoms with Crippen LogP contribution in [-0.4, -0.2) is 13.2 Å². The van der Waals surface area contributed by atoms with Crippen molar-refractivity contribution in [3.8, 4) is 5.75 Å². The van der Waals surface area contributed by atoms with Crippen LogP contribution in [0.3, 0.4) is 0 Å². The minimum Gasteiger partial charge on any atom is -0.495 e. The molecule has 0 aromatic heterocycles. The van der Waals surface area contributed by atoms with Gasteiger partial charge in [0.05, 0.1) is 12.8 Å². The molecule has 112 valence electrons. The molecule has 2 aromatic carbocycles. The highest BCUT2D eigenvalue weighted by Gasteiger charge is 2.12. The van der Waals surface area contributed by atoms with E-state index in [0.717, 1.165) is 11.3 Å². The Kier molecular flexibility index (Phi) is 5.07. The molecule has 2 nitrogen and oxygen atoms in total. The van der Waals surface area contributed by atoms with Crippen molar-refractivity contribution in [3.05, 3.63) is 58.4 Å². The number of halogens is 2. The molecule has 0 aliphatic heterocycles. The maximum atomic E-state index is 13.7. The largest absolute Gasteiger partial charge is 0.495 e. The predicted molar refractivity (Wildman–Crippen MR) is 85.9 cm³/mol. The number of methoxy groups -OCH3 is 1. The highest BCUT2D eigenvalue weighted by atomic mass is 35.5. The smallest absolute Gasteiger partial charge is 0.143 e. The first-order valence-electron chi connectivity index (χ1n) is 6.85. The van der Waals surface area contributed by atoms with Crippen molar-refractivity contribution in [2.75, 3.05) is 12.4 Å². The normalized spacial score (nSPS) is 12.0. The molecule has 1 N–H and O–H groups in total. The lowest BCUT2D eigenvalue weighted by molar-refractivity contribution is 0.416. The van der Waals surface area contributed by atoms with E-state index in [1.54, 1.807) is 25.3 Å². The van der Waals surface area contributed by atoms with E-state index in [2.05, 4.69) is 5.32 Å².